The Bertz CT molecular complexity index is 216. The number of aliphatic imine (C=N–C) groups is 1. The van der Waals surface area contributed by atoms with E-state index in [4.69, 9.17) is 16.2 Å². The summed E-state index contributed by atoms with van der Waals surface area (Å²) in [5.74, 6) is -0.334. The molecule has 1 atom stereocenters. The lowest BCUT2D eigenvalue weighted by atomic mass is 10.2. The van der Waals surface area contributed by atoms with Gasteiger partial charge in [0.05, 0.1) is 12.4 Å². The molecular weight excluding hydrogens is 190 g/mol. The van der Waals surface area contributed by atoms with Crippen LogP contribution in [-0.2, 0) is 9.53 Å². The van der Waals surface area contributed by atoms with Crippen molar-refractivity contribution < 1.29 is 9.53 Å². The van der Waals surface area contributed by atoms with Crippen LogP contribution in [0.2, 0.25) is 0 Å². The highest BCUT2D eigenvalue weighted by Gasteiger charge is 2.33. The van der Waals surface area contributed by atoms with Crippen molar-refractivity contribution in [2.75, 3.05) is 12.4 Å². The molecule has 0 fully saturated rings. The monoisotopic (exact) mass is 205 g/mol. The molecule has 0 radical (unpaired) electrons. The summed E-state index contributed by atoms with van der Waals surface area (Å²) in [5.41, 5.74) is 9.47. The van der Waals surface area contributed by atoms with E-state index in [1.165, 1.54) is 0 Å². The van der Waals surface area contributed by atoms with Crippen LogP contribution in [0.3, 0.4) is 0 Å². The molecule has 5 nitrogen and oxygen atoms in total. The smallest absolute Gasteiger partial charge is 0.349 e. The molecule has 13 heavy (non-hydrogen) atoms. The van der Waals surface area contributed by atoms with Gasteiger partial charge in [-0.25, -0.2) is 9.79 Å². The predicted octanol–water partition coefficient (Wildman–Crippen LogP) is -0.489. The van der Waals surface area contributed by atoms with E-state index in [1.54, 1.807) is 13.8 Å². The van der Waals surface area contributed by atoms with Gasteiger partial charge in [-0.3, -0.25) is 5.73 Å². The van der Waals surface area contributed by atoms with Crippen molar-refractivity contribution in [1.29, 1.82) is 0 Å². The summed E-state index contributed by atoms with van der Waals surface area (Å²) in [5, 5.41) is 0. The third kappa shape index (κ3) is 3.65. The molecule has 0 rings (SSSR count). The number of hydrogen-bond acceptors (Lipinski definition) is 5. The Morgan fingerprint density at radius 3 is 2.54 bits per heavy atom. The highest BCUT2D eigenvalue weighted by atomic mass is 32.1. The Labute approximate surface area is 82.9 Å². The number of rotatable bonds is 4. The van der Waals surface area contributed by atoms with E-state index >= 15 is 0 Å². The predicted molar refractivity (Wildman–Crippen MR) is 54.7 cm³/mol. The SMILES string of the molecule is CCOC(=O)C(N)(CS)N=C(C)N. The maximum absolute atomic E-state index is 11.3. The van der Waals surface area contributed by atoms with E-state index in [0.717, 1.165) is 0 Å². The second-order valence-electron chi connectivity index (χ2n) is 2.56. The molecule has 0 spiro atoms. The van der Waals surface area contributed by atoms with E-state index in [1.807, 2.05) is 0 Å². The van der Waals surface area contributed by atoms with Gasteiger partial charge in [0.1, 0.15) is 0 Å². The van der Waals surface area contributed by atoms with Crippen LogP contribution in [0.15, 0.2) is 4.99 Å². The average Bonchev–Trinajstić information content (AvgIpc) is 2.03. The number of hydrogen-bond donors (Lipinski definition) is 3. The fourth-order valence-corrected chi connectivity index (χ4v) is 0.916. The number of carbonyl (C=O) groups excluding carboxylic acids is 1. The molecule has 76 valence electrons. The van der Waals surface area contributed by atoms with Crippen LogP contribution in [0.5, 0.6) is 0 Å². The normalized spacial score (nSPS) is 16.5. The number of amidine groups is 1. The zero-order valence-electron chi connectivity index (χ0n) is 7.78. The lowest BCUT2D eigenvalue weighted by molar-refractivity contribution is -0.148. The van der Waals surface area contributed by atoms with Gasteiger partial charge in [-0.2, -0.15) is 12.6 Å². The molecule has 0 aromatic heterocycles. The number of nitrogens with two attached hydrogens (primary N) is 2. The minimum absolute atomic E-state index is 0.0559. The van der Waals surface area contributed by atoms with Gasteiger partial charge in [0.2, 0.25) is 5.66 Å². The second-order valence-corrected chi connectivity index (χ2v) is 2.87. The molecule has 0 aliphatic rings. The maximum atomic E-state index is 11.3. The topological polar surface area (TPSA) is 90.7 Å². The molecule has 0 aromatic carbocycles. The van der Waals surface area contributed by atoms with Gasteiger partial charge >= 0.3 is 5.97 Å². The maximum Gasteiger partial charge on any atom is 0.349 e. The summed E-state index contributed by atoms with van der Waals surface area (Å²) in [4.78, 5) is 15.0. The van der Waals surface area contributed by atoms with Crippen LogP contribution in [0.25, 0.3) is 0 Å². The molecule has 0 saturated heterocycles. The first-order chi connectivity index (χ1) is 5.96. The Kier molecular flexibility index (Phi) is 4.79. The zero-order valence-corrected chi connectivity index (χ0v) is 8.67. The Hall–Kier alpha value is -0.750. The van der Waals surface area contributed by atoms with Gasteiger partial charge in [0.15, 0.2) is 0 Å². The highest BCUT2D eigenvalue weighted by Crippen LogP contribution is 2.08. The molecule has 0 bridgehead atoms. The van der Waals surface area contributed by atoms with Gasteiger partial charge in [0, 0.05) is 5.75 Å². The summed E-state index contributed by atoms with van der Waals surface area (Å²) in [6.07, 6.45) is 0. The van der Waals surface area contributed by atoms with Crippen LogP contribution in [0, 0.1) is 0 Å². The summed E-state index contributed by atoms with van der Waals surface area (Å²) in [6.45, 7) is 3.49. The molecule has 0 saturated carbocycles. The first-order valence-corrected chi connectivity index (χ1v) is 4.48. The van der Waals surface area contributed by atoms with E-state index in [9.17, 15) is 4.79 Å². The van der Waals surface area contributed by atoms with Crippen molar-refractivity contribution >= 4 is 24.4 Å². The third-order valence-electron chi connectivity index (χ3n) is 1.25. The first-order valence-electron chi connectivity index (χ1n) is 3.85. The van der Waals surface area contributed by atoms with Crippen LogP contribution in [-0.4, -0.2) is 29.8 Å². The summed E-state index contributed by atoms with van der Waals surface area (Å²) < 4.78 is 4.72. The van der Waals surface area contributed by atoms with Crippen molar-refractivity contribution in [3.63, 3.8) is 0 Å². The summed E-state index contributed by atoms with van der Waals surface area (Å²) in [7, 11) is 0. The molecule has 0 heterocycles. The lowest BCUT2D eigenvalue weighted by Crippen LogP contribution is -2.50. The van der Waals surface area contributed by atoms with Crippen molar-refractivity contribution in [2.45, 2.75) is 19.5 Å². The molecule has 1 unspecified atom stereocenters. The van der Waals surface area contributed by atoms with Gasteiger partial charge < -0.3 is 10.5 Å². The van der Waals surface area contributed by atoms with Crippen molar-refractivity contribution in [3.8, 4) is 0 Å². The van der Waals surface area contributed by atoms with Crippen LogP contribution < -0.4 is 11.5 Å². The first kappa shape index (κ1) is 12.2. The zero-order chi connectivity index (χ0) is 10.5. The minimum Gasteiger partial charge on any atom is -0.463 e. The van der Waals surface area contributed by atoms with E-state index in [2.05, 4.69) is 17.6 Å². The largest absolute Gasteiger partial charge is 0.463 e. The van der Waals surface area contributed by atoms with Gasteiger partial charge in [-0.05, 0) is 13.8 Å². The minimum atomic E-state index is -1.46. The van der Waals surface area contributed by atoms with E-state index in [-0.39, 0.29) is 18.2 Å². The highest BCUT2D eigenvalue weighted by molar-refractivity contribution is 7.80. The second kappa shape index (κ2) is 5.08. The number of thiol groups is 1. The standard InChI is InChI=1S/C7H15N3O2S/c1-3-12-6(11)7(9,4-13)10-5(2)8/h13H,3-4,9H2,1-2H3,(H2,8,10). The van der Waals surface area contributed by atoms with Crippen molar-refractivity contribution in [2.24, 2.45) is 16.5 Å². The number of carbonyl (C=O) groups is 1. The Morgan fingerprint density at radius 2 is 2.23 bits per heavy atom. The van der Waals surface area contributed by atoms with Gasteiger partial charge in [0.25, 0.3) is 0 Å². The van der Waals surface area contributed by atoms with Crippen molar-refractivity contribution in [1.82, 2.24) is 0 Å². The van der Waals surface area contributed by atoms with E-state index in [0.29, 0.717) is 0 Å². The quantitative estimate of drug-likeness (QED) is 0.250. The average molecular weight is 205 g/mol. The third-order valence-corrected chi connectivity index (χ3v) is 1.73. The fourth-order valence-electron chi connectivity index (χ4n) is 0.716. The Balaban J connectivity index is 4.62. The van der Waals surface area contributed by atoms with Crippen LogP contribution >= 0.6 is 12.6 Å². The molecule has 6 heteroatoms. The fraction of sp³-hybridized carbons (Fsp3) is 0.714. The van der Waals surface area contributed by atoms with Gasteiger partial charge in [-0.15, -0.1) is 0 Å². The molecular formula is C7H15N3O2S. The molecule has 0 amide bonds. The van der Waals surface area contributed by atoms with Crippen LogP contribution in [0.4, 0.5) is 0 Å². The lowest BCUT2D eigenvalue weighted by Gasteiger charge is -2.20. The van der Waals surface area contributed by atoms with Crippen LogP contribution in [0.1, 0.15) is 13.8 Å². The number of esters is 1. The molecule has 0 aliphatic carbocycles. The van der Waals surface area contributed by atoms with E-state index < -0.39 is 11.6 Å². The summed E-state index contributed by atoms with van der Waals surface area (Å²) in [6, 6.07) is 0. The molecule has 4 N–H and O–H groups in total. The number of nitrogens with zero attached hydrogens (tertiary/aromatic N) is 1. The number of ether oxygens (including phenoxy) is 1. The van der Waals surface area contributed by atoms with Gasteiger partial charge in [-0.1, -0.05) is 0 Å². The Morgan fingerprint density at radius 1 is 1.69 bits per heavy atom. The van der Waals surface area contributed by atoms with Crippen molar-refractivity contribution in [3.05, 3.63) is 0 Å². The molecule has 0 aromatic rings. The molecule has 0 aliphatic heterocycles. The summed E-state index contributed by atoms with van der Waals surface area (Å²) >= 11 is 3.92.